The van der Waals surface area contributed by atoms with E-state index in [0.29, 0.717) is 12.1 Å². The number of nitrogens with one attached hydrogen (secondary N) is 4. The number of rotatable bonds is 2. The molecule has 0 spiro atoms. The van der Waals surface area contributed by atoms with Crippen LogP contribution in [0.1, 0.15) is 61.7 Å². The summed E-state index contributed by atoms with van der Waals surface area (Å²) in [5, 5.41) is 24.7. The van der Waals surface area contributed by atoms with E-state index < -0.39 is 11.9 Å². The Bertz CT molecular complexity index is 1180. The lowest BCUT2D eigenvalue weighted by Gasteiger charge is -2.23. The molecule has 6 N–H and O–H groups in total. The molecule has 4 aromatic rings. The number of benzene rings is 2. The minimum atomic E-state index is -1.82. The Kier molecular flexibility index (Phi) is 8.76. The van der Waals surface area contributed by atoms with E-state index in [4.69, 9.17) is 19.8 Å². The maximum absolute atomic E-state index is 9.10. The lowest BCUT2D eigenvalue weighted by Crippen LogP contribution is -2.26. The number of H-pyrrole nitrogens is 2. The van der Waals surface area contributed by atoms with Gasteiger partial charge in [-0.3, -0.25) is 0 Å². The summed E-state index contributed by atoms with van der Waals surface area (Å²) in [7, 11) is 0. The standard InChI is InChI=1S/2C13H16N2.C2H2O4/c2*1-2-6-12-10(5-1)11(9-15-12)13-7-3-4-8-14-13;3-1(4)2(5)6/h2*1-2,5-6,9,13-15H,3-4,7-8H2;(H,3,4)(H,5,6). The first-order valence-electron chi connectivity index (χ1n) is 12.6. The highest BCUT2D eigenvalue weighted by Crippen LogP contribution is 2.30. The number of carboxylic acid groups (broad SMARTS) is 2. The minimum Gasteiger partial charge on any atom is -0.473 e. The monoisotopic (exact) mass is 490 g/mol. The van der Waals surface area contributed by atoms with Gasteiger partial charge in [0, 0.05) is 46.3 Å². The molecule has 2 aliphatic rings. The normalized spacial score (nSPS) is 19.6. The van der Waals surface area contributed by atoms with Gasteiger partial charge in [-0.2, -0.15) is 0 Å². The molecule has 2 saturated heterocycles. The van der Waals surface area contributed by atoms with Crippen LogP contribution in [0.2, 0.25) is 0 Å². The van der Waals surface area contributed by atoms with Crippen molar-refractivity contribution in [3.8, 4) is 0 Å². The van der Waals surface area contributed by atoms with Crippen LogP contribution in [0.25, 0.3) is 21.8 Å². The number of hydrogen-bond acceptors (Lipinski definition) is 4. The van der Waals surface area contributed by atoms with E-state index in [0.717, 1.165) is 13.1 Å². The number of piperidine rings is 2. The van der Waals surface area contributed by atoms with Gasteiger partial charge in [0.1, 0.15) is 0 Å². The fraction of sp³-hybridized carbons (Fsp3) is 0.357. The first-order valence-corrected chi connectivity index (χ1v) is 12.6. The maximum atomic E-state index is 9.10. The van der Waals surface area contributed by atoms with E-state index in [1.807, 2.05) is 0 Å². The third-order valence-corrected chi connectivity index (χ3v) is 6.80. The average Bonchev–Trinajstić information content (AvgIpc) is 3.55. The Balaban J connectivity index is 0.000000139. The third-order valence-electron chi connectivity index (χ3n) is 6.80. The molecule has 2 atom stereocenters. The molecule has 0 bridgehead atoms. The predicted molar refractivity (Wildman–Crippen MR) is 141 cm³/mol. The Morgan fingerprint density at radius 2 is 1.06 bits per heavy atom. The first kappa shape index (κ1) is 25.5. The van der Waals surface area contributed by atoms with Gasteiger partial charge in [-0.1, -0.05) is 49.2 Å². The molecule has 2 aromatic heterocycles. The van der Waals surface area contributed by atoms with Crippen LogP contribution in [0.5, 0.6) is 0 Å². The lowest BCUT2D eigenvalue weighted by molar-refractivity contribution is -0.159. The summed E-state index contributed by atoms with van der Waals surface area (Å²) < 4.78 is 0. The van der Waals surface area contributed by atoms with Crippen molar-refractivity contribution >= 4 is 33.7 Å². The topological polar surface area (TPSA) is 130 Å². The van der Waals surface area contributed by atoms with E-state index in [2.05, 4.69) is 81.5 Å². The molecule has 2 aromatic carbocycles. The van der Waals surface area contributed by atoms with Crippen LogP contribution in [0, 0.1) is 0 Å². The second-order valence-electron chi connectivity index (χ2n) is 9.19. The molecule has 6 rings (SSSR count). The Labute approximate surface area is 210 Å². The summed E-state index contributed by atoms with van der Waals surface area (Å²) in [6.07, 6.45) is 12.2. The zero-order valence-corrected chi connectivity index (χ0v) is 20.3. The number of fused-ring (bicyclic) bond motifs is 2. The van der Waals surface area contributed by atoms with Crippen molar-refractivity contribution in [3.63, 3.8) is 0 Å². The van der Waals surface area contributed by atoms with Gasteiger partial charge in [0.25, 0.3) is 0 Å². The third kappa shape index (κ3) is 6.33. The molecule has 36 heavy (non-hydrogen) atoms. The van der Waals surface area contributed by atoms with Crippen molar-refractivity contribution in [2.24, 2.45) is 0 Å². The molecule has 8 nitrogen and oxygen atoms in total. The van der Waals surface area contributed by atoms with Gasteiger partial charge in [-0.15, -0.1) is 0 Å². The first-order chi connectivity index (χ1) is 17.5. The Morgan fingerprint density at radius 3 is 1.42 bits per heavy atom. The van der Waals surface area contributed by atoms with Crippen LogP contribution >= 0.6 is 0 Å². The van der Waals surface area contributed by atoms with Crippen LogP contribution < -0.4 is 10.6 Å². The number of aromatic nitrogens is 2. The summed E-state index contributed by atoms with van der Waals surface area (Å²) in [4.78, 5) is 24.9. The second-order valence-corrected chi connectivity index (χ2v) is 9.19. The van der Waals surface area contributed by atoms with Gasteiger partial charge in [-0.05, 0) is 62.0 Å². The van der Waals surface area contributed by atoms with Gasteiger partial charge in [0.2, 0.25) is 0 Å². The average molecular weight is 491 g/mol. The van der Waals surface area contributed by atoms with Crippen LogP contribution in [0.15, 0.2) is 60.9 Å². The van der Waals surface area contributed by atoms with Crippen molar-refractivity contribution in [2.45, 2.75) is 50.6 Å². The van der Waals surface area contributed by atoms with Gasteiger partial charge in [-0.25, -0.2) is 9.59 Å². The van der Waals surface area contributed by atoms with Crippen molar-refractivity contribution < 1.29 is 19.8 Å². The van der Waals surface area contributed by atoms with Crippen molar-refractivity contribution in [2.75, 3.05) is 13.1 Å². The van der Waals surface area contributed by atoms with Gasteiger partial charge < -0.3 is 30.8 Å². The van der Waals surface area contributed by atoms with Gasteiger partial charge in [0.15, 0.2) is 0 Å². The van der Waals surface area contributed by atoms with Crippen LogP contribution in [0.4, 0.5) is 0 Å². The smallest absolute Gasteiger partial charge is 0.414 e. The van der Waals surface area contributed by atoms with Gasteiger partial charge in [0.05, 0.1) is 0 Å². The predicted octanol–water partition coefficient (Wildman–Crippen LogP) is 5.12. The number of aromatic amines is 2. The van der Waals surface area contributed by atoms with Crippen molar-refractivity contribution in [3.05, 3.63) is 72.1 Å². The molecule has 190 valence electrons. The SMILES string of the molecule is O=C(O)C(=O)O.c1ccc2c(C3CCCCN3)c[nH]c2c1.c1ccc2c(C3CCCCN3)c[nH]c2c1. The van der Waals surface area contributed by atoms with Crippen LogP contribution in [-0.4, -0.2) is 45.2 Å². The van der Waals surface area contributed by atoms with E-state index in [1.54, 1.807) is 0 Å². The zero-order chi connectivity index (χ0) is 25.3. The fourth-order valence-electron chi connectivity index (χ4n) is 5.00. The van der Waals surface area contributed by atoms with Crippen molar-refractivity contribution in [1.82, 2.24) is 20.6 Å². The highest BCUT2D eigenvalue weighted by Gasteiger charge is 2.18. The van der Waals surface area contributed by atoms with Gasteiger partial charge >= 0.3 is 11.9 Å². The molecule has 2 aliphatic heterocycles. The fourth-order valence-corrected chi connectivity index (χ4v) is 5.00. The summed E-state index contributed by atoms with van der Waals surface area (Å²) in [6, 6.07) is 18.2. The molecule has 2 fully saturated rings. The molecule has 0 amide bonds. The highest BCUT2D eigenvalue weighted by molar-refractivity contribution is 6.27. The highest BCUT2D eigenvalue weighted by atomic mass is 16.4. The summed E-state index contributed by atoms with van der Waals surface area (Å²) in [5.41, 5.74) is 5.37. The molecule has 4 heterocycles. The Morgan fingerprint density at radius 1 is 0.639 bits per heavy atom. The molecular formula is C28H34N4O4. The minimum absolute atomic E-state index is 0.551. The molecular weight excluding hydrogens is 456 g/mol. The van der Waals surface area contributed by atoms with Crippen molar-refractivity contribution in [1.29, 1.82) is 0 Å². The summed E-state index contributed by atoms with van der Waals surface area (Å²) in [6.45, 7) is 2.31. The number of carboxylic acids is 2. The number of carbonyl (C=O) groups is 2. The summed E-state index contributed by atoms with van der Waals surface area (Å²) >= 11 is 0. The molecule has 8 heteroatoms. The number of para-hydroxylation sites is 2. The molecule has 0 saturated carbocycles. The molecule has 0 radical (unpaired) electrons. The van der Waals surface area contributed by atoms with E-state index in [1.165, 1.54) is 71.5 Å². The van der Waals surface area contributed by atoms with Crippen LogP contribution in [-0.2, 0) is 9.59 Å². The van der Waals surface area contributed by atoms with E-state index in [9.17, 15) is 0 Å². The molecule has 2 unspecified atom stereocenters. The zero-order valence-electron chi connectivity index (χ0n) is 20.3. The number of aliphatic carboxylic acids is 2. The largest absolute Gasteiger partial charge is 0.473 e. The number of hydrogen-bond donors (Lipinski definition) is 6. The quantitative estimate of drug-likeness (QED) is 0.216. The summed E-state index contributed by atoms with van der Waals surface area (Å²) in [5.74, 6) is -3.65. The second kappa shape index (κ2) is 12.4. The maximum Gasteiger partial charge on any atom is 0.414 e. The Hall–Kier alpha value is -3.62. The van der Waals surface area contributed by atoms with E-state index in [-0.39, 0.29) is 0 Å². The molecule has 0 aliphatic carbocycles. The van der Waals surface area contributed by atoms with E-state index >= 15 is 0 Å². The lowest BCUT2D eigenvalue weighted by atomic mass is 9.97. The van der Waals surface area contributed by atoms with Crippen LogP contribution in [0.3, 0.4) is 0 Å².